The monoisotopic (exact) mass is 511 g/mol. The summed E-state index contributed by atoms with van der Waals surface area (Å²) in [6.45, 7) is 1.96. The lowest BCUT2D eigenvalue weighted by Crippen LogP contribution is -2.49. The molecule has 1 amide bonds. The van der Waals surface area contributed by atoms with Crippen molar-refractivity contribution in [2.24, 2.45) is 5.92 Å². The van der Waals surface area contributed by atoms with E-state index in [1.807, 2.05) is 84.8 Å². The molecule has 1 fully saturated rings. The van der Waals surface area contributed by atoms with Crippen LogP contribution < -0.4 is 5.32 Å². The Labute approximate surface area is 226 Å². The van der Waals surface area contributed by atoms with Gasteiger partial charge in [0.05, 0.1) is 12.0 Å². The number of pyridine rings is 1. The van der Waals surface area contributed by atoms with Crippen LogP contribution in [0.5, 0.6) is 0 Å². The highest BCUT2D eigenvalue weighted by atomic mass is 16.2. The minimum atomic E-state index is -1.34. The summed E-state index contributed by atoms with van der Waals surface area (Å²) in [5, 5.41) is 3.07. The van der Waals surface area contributed by atoms with Gasteiger partial charge in [-0.25, -0.2) is 0 Å². The molecule has 1 N–H and O–H groups in total. The topological polar surface area (TPSA) is 79.4 Å². The lowest BCUT2D eigenvalue weighted by Gasteiger charge is -2.38. The molecule has 1 aromatic heterocycles. The van der Waals surface area contributed by atoms with Gasteiger partial charge in [-0.1, -0.05) is 78.4 Å². The van der Waals surface area contributed by atoms with Crippen molar-refractivity contribution in [3.63, 3.8) is 0 Å². The Morgan fingerprint density at radius 3 is 2.41 bits per heavy atom. The minimum Gasteiger partial charge on any atom is -0.358 e. The molecule has 4 atom stereocenters. The largest absolute Gasteiger partial charge is 0.358 e. The molecule has 0 saturated carbocycles. The molecule has 1 saturated heterocycles. The van der Waals surface area contributed by atoms with Gasteiger partial charge in [-0.15, -0.1) is 0 Å². The van der Waals surface area contributed by atoms with E-state index in [0.717, 1.165) is 22.3 Å². The quantitative estimate of drug-likeness (QED) is 0.373. The van der Waals surface area contributed by atoms with E-state index >= 15 is 0 Å². The zero-order chi connectivity index (χ0) is 26.7. The van der Waals surface area contributed by atoms with Crippen molar-refractivity contribution in [3.05, 3.63) is 137 Å². The number of hydrogen-bond acceptors (Lipinski definition) is 5. The van der Waals surface area contributed by atoms with Crippen LogP contribution in [0, 0.1) is 12.8 Å². The first-order valence-corrected chi connectivity index (χ1v) is 13.0. The molecule has 6 heteroatoms. The maximum atomic E-state index is 14.7. The first kappa shape index (κ1) is 23.3. The molecule has 3 aromatic carbocycles. The van der Waals surface area contributed by atoms with Gasteiger partial charge in [0.1, 0.15) is 17.2 Å². The van der Waals surface area contributed by atoms with Gasteiger partial charge in [-0.05, 0) is 47.9 Å². The number of nitrogens with one attached hydrogen (secondary N) is 1. The zero-order valence-corrected chi connectivity index (χ0v) is 21.2. The number of rotatable bonds is 4. The average molecular weight is 512 g/mol. The summed E-state index contributed by atoms with van der Waals surface area (Å²) >= 11 is 0. The van der Waals surface area contributed by atoms with E-state index < -0.39 is 23.4 Å². The fraction of sp³-hybridized carbons (Fsp3) is 0.152. The van der Waals surface area contributed by atoms with Crippen LogP contribution in [0.3, 0.4) is 0 Å². The highest BCUT2D eigenvalue weighted by molar-refractivity contribution is 6.16. The molecule has 7 rings (SSSR count). The third-order valence-electron chi connectivity index (χ3n) is 8.37. The van der Waals surface area contributed by atoms with E-state index in [9.17, 15) is 14.4 Å². The number of nitrogens with zero attached hydrogens (tertiary/aromatic N) is 2. The number of benzene rings is 3. The Morgan fingerprint density at radius 1 is 0.872 bits per heavy atom. The first-order chi connectivity index (χ1) is 19.0. The molecule has 4 heterocycles. The normalized spacial score (nSPS) is 24.2. The van der Waals surface area contributed by atoms with Crippen LogP contribution in [0.4, 0.5) is 5.69 Å². The van der Waals surface area contributed by atoms with Crippen LogP contribution in [0.15, 0.2) is 103 Å². The maximum Gasteiger partial charge on any atom is 0.238 e. The number of hydrogen-bond donors (Lipinski definition) is 1. The number of Topliss-reactive ketones (excluding diaryl/α,β-unsaturated/α-hetero) is 2. The summed E-state index contributed by atoms with van der Waals surface area (Å²) in [6, 6.07) is 26.4. The number of carbonyl (C=O) groups excluding carboxylic acids is 3. The van der Waals surface area contributed by atoms with Crippen molar-refractivity contribution in [3.8, 4) is 0 Å². The van der Waals surface area contributed by atoms with Crippen LogP contribution in [0.1, 0.15) is 49.1 Å². The predicted molar refractivity (Wildman–Crippen MR) is 148 cm³/mol. The molecule has 6 nitrogen and oxygen atoms in total. The third-order valence-corrected chi connectivity index (χ3v) is 8.37. The Kier molecular flexibility index (Phi) is 5.13. The number of ketones is 2. The summed E-state index contributed by atoms with van der Waals surface area (Å²) in [7, 11) is 0. The van der Waals surface area contributed by atoms with Gasteiger partial charge < -0.3 is 10.2 Å². The number of aromatic nitrogens is 1. The maximum absolute atomic E-state index is 14.7. The Hall–Kier alpha value is -4.84. The predicted octanol–water partition coefficient (Wildman–Crippen LogP) is 5.37. The van der Waals surface area contributed by atoms with E-state index in [-0.39, 0.29) is 23.2 Å². The van der Waals surface area contributed by atoms with Crippen molar-refractivity contribution in [2.75, 3.05) is 5.32 Å². The van der Waals surface area contributed by atoms with Crippen molar-refractivity contribution >= 4 is 29.2 Å². The zero-order valence-electron chi connectivity index (χ0n) is 21.2. The number of para-hydroxylation sites is 1. The third kappa shape index (κ3) is 3.21. The molecule has 4 aromatic rings. The number of aryl methyl sites for hydroxylation is 1. The summed E-state index contributed by atoms with van der Waals surface area (Å²) < 4.78 is 0. The molecule has 3 aliphatic rings. The lowest BCUT2D eigenvalue weighted by molar-refractivity contribution is -0.122. The minimum absolute atomic E-state index is 0.239. The molecule has 0 radical (unpaired) electrons. The fourth-order valence-electron chi connectivity index (χ4n) is 6.73. The second-order valence-corrected chi connectivity index (χ2v) is 10.4. The van der Waals surface area contributed by atoms with Gasteiger partial charge in [-0.3, -0.25) is 19.4 Å². The second-order valence-electron chi connectivity index (χ2n) is 10.4. The first-order valence-electron chi connectivity index (χ1n) is 13.0. The Balaban J connectivity index is 1.54. The van der Waals surface area contributed by atoms with Crippen molar-refractivity contribution in [1.82, 2.24) is 9.88 Å². The number of fused-ring (bicyclic) bond motifs is 6. The van der Waals surface area contributed by atoms with E-state index in [2.05, 4.69) is 10.3 Å². The van der Waals surface area contributed by atoms with Crippen LogP contribution in [-0.4, -0.2) is 33.4 Å². The van der Waals surface area contributed by atoms with Gasteiger partial charge >= 0.3 is 0 Å². The van der Waals surface area contributed by atoms with Gasteiger partial charge in [0.15, 0.2) is 5.78 Å². The molecule has 0 unspecified atom stereocenters. The van der Waals surface area contributed by atoms with Gasteiger partial charge in [0, 0.05) is 23.6 Å². The molecule has 0 bridgehead atoms. The highest BCUT2D eigenvalue weighted by Gasteiger charge is 2.70. The van der Waals surface area contributed by atoms with Gasteiger partial charge in [0.2, 0.25) is 11.7 Å². The van der Waals surface area contributed by atoms with E-state index in [1.165, 1.54) is 0 Å². The van der Waals surface area contributed by atoms with Crippen LogP contribution in [0.2, 0.25) is 0 Å². The van der Waals surface area contributed by atoms with E-state index in [4.69, 9.17) is 0 Å². The Morgan fingerprint density at radius 2 is 1.62 bits per heavy atom. The second kappa shape index (κ2) is 8.60. The van der Waals surface area contributed by atoms with Crippen LogP contribution >= 0.6 is 0 Å². The average Bonchev–Trinajstić information content (AvgIpc) is 3.45. The molecule has 1 spiro atoms. The van der Waals surface area contributed by atoms with Crippen molar-refractivity contribution < 1.29 is 14.4 Å². The number of amides is 1. The summed E-state index contributed by atoms with van der Waals surface area (Å²) in [4.78, 5) is 49.7. The Bertz CT molecular complexity index is 1680. The van der Waals surface area contributed by atoms with Crippen LogP contribution in [0.25, 0.3) is 6.08 Å². The molecular weight excluding hydrogens is 486 g/mol. The van der Waals surface area contributed by atoms with Crippen molar-refractivity contribution in [2.45, 2.75) is 24.4 Å². The number of carbonyl (C=O) groups is 3. The van der Waals surface area contributed by atoms with Crippen LogP contribution in [-0.2, 0) is 10.2 Å². The lowest BCUT2D eigenvalue weighted by atomic mass is 9.62. The standard InChI is InChI=1S/C33H25N3O3/c1-20-13-15-22(16-14-20)29(37)27-28(30(38)26-12-6-7-18-34-26)36-19-17-21-8-2-3-9-23(21)31(36)33(27)24-10-4-5-11-25(24)35-32(33)39/h2-19,27-28,31H,1H3,(H,35,39)/t27-,28-,31+,33+/m0/s1. The van der Waals surface area contributed by atoms with Crippen molar-refractivity contribution in [1.29, 1.82) is 0 Å². The number of anilines is 1. The fourth-order valence-corrected chi connectivity index (χ4v) is 6.73. The summed E-state index contributed by atoms with van der Waals surface area (Å²) in [5.74, 6) is -1.80. The van der Waals surface area contributed by atoms with Gasteiger partial charge in [0.25, 0.3) is 0 Å². The van der Waals surface area contributed by atoms with E-state index in [0.29, 0.717) is 11.3 Å². The van der Waals surface area contributed by atoms with Gasteiger partial charge in [-0.2, -0.15) is 0 Å². The molecule has 190 valence electrons. The molecule has 3 aliphatic heterocycles. The highest BCUT2D eigenvalue weighted by Crippen LogP contribution is 2.62. The van der Waals surface area contributed by atoms with E-state index in [1.54, 1.807) is 36.5 Å². The molecule has 0 aliphatic carbocycles. The summed E-state index contributed by atoms with van der Waals surface area (Å²) in [5.41, 5.74) is 3.69. The molecular formula is C33H25N3O3. The molecule has 39 heavy (non-hydrogen) atoms. The SMILES string of the molecule is Cc1ccc(C(=O)[C@@H]2[C@@H](C(=O)c3ccccn3)N3C=Cc4ccccc4[C@@H]3[C@]23C(=O)Nc2ccccc23)cc1. The smallest absolute Gasteiger partial charge is 0.238 e. The summed E-state index contributed by atoms with van der Waals surface area (Å²) in [6.07, 6.45) is 5.40.